The van der Waals surface area contributed by atoms with Crippen LogP contribution in [0, 0.1) is 0 Å². The zero-order valence-electron chi connectivity index (χ0n) is 12.1. The summed E-state index contributed by atoms with van der Waals surface area (Å²) in [5.41, 5.74) is 6.37. The Morgan fingerprint density at radius 1 is 1.15 bits per heavy atom. The van der Waals surface area contributed by atoms with Crippen molar-refractivity contribution in [1.29, 1.82) is 0 Å². The Morgan fingerprint density at radius 3 is 2.30 bits per heavy atom. The van der Waals surface area contributed by atoms with Crippen molar-refractivity contribution in [1.82, 2.24) is 4.90 Å². The van der Waals surface area contributed by atoms with Crippen LogP contribution < -0.4 is 19.9 Å². The number of methoxy groups -OCH3 is 2. The van der Waals surface area contributed by atoms with Crippen molar-refractivity contribution in [2.75, 3.05) is 59.4 Å². The lowest BCUT2D eigenvalue weighted by atomic mass is 10.2. The lowest BCUT2D eigenvalue weighted by Crippen LogP contribution is -2.38. The molecule has 1 aromatic carbocycles. The molecule has 1 fully saturated rings. The van der Waals surface area contributed by atoms with Gasteiger partial charge in [0.05, 0.1) is 27.4 Å². The second-order valence-electron chi connectivity index (χ2n) is 4.56. The van der Waals surface area contributed by atoms with Gasteiger partial charge in [-0.25, -0.2) is 0 Å². The highest BCUT2D eigenvalue weighted by Crippen LogP contribution is 2.39. The molecule has 1 aromatic rings. The maximum Gasteiger partial charge on any atom is 0.203 e. The van der Waals surface area contributed by atoms with Crippen LogP contribution in [0.4, 0.5) is 5.69 Å². The van der Waals surface area contributed by atoms with Gasteiger partial charge in [-0.1, -0.05) is 0 Å². The number of benzene rings is 1. The number of morpholine rings is 1. The van der Waals surface area contributed by atoms with Crippen molar-refractivity contribution >= 4 is 5.69 Å². The molecule has 6 heteroatoms. The van der Waals surface area contributed by atoms with Crippen molar-refractivity contribution < 1.29 is 18.9 Å². The van der Waals surface area contributed by atoms with E-state index in [9.17, 15) is 0 Å². The minimum Gasteiger partial charge on any atom is -0.493 e. The molecule has 0 aromatic heterocycles. The van der Waals surface area contributed by atoms with Gasteiger partial charge in [0.2, 0.25) is 5.75 Å². The number of hydrogen-bond donors (Lipinski definition) is 1. The lowest BCUT2D eigenvalue weighted by Gasteiger charge is -2.26. The Balaban J connectivity index is 1.97. The predicted molar refractivity (Wildman–Crippen MR) is 76.7 cm³/mol. The molecule has 2 N–H and O–H groups in total. The van der Waals surface area contributed by atoms with E-state index in [2.05, 4.69) is 4.90 Å². The SMILES string of the molecule is COc1cc(N)cc(OC)c1OCCN1CCOCC1. The highest BCUT2D eigenvalue weighted by Gasteiger charge is 2.15. The standard InChI is InChI=1S/C14H22N2O4/c1-17-12-9-11(15)10-13(18-2)14(12)20-8-5-16-3-6-19-7-4-16/h9-10H,3-8,15H2,1-2H3. The van der Waals surface area contributed by atoms with Crippen molar-refractivity contribution in [2.45, 2.75) is 0 Å². The van der Waals surface area contributed by atoms with Gasteiger partial charge in [-0.15, -0.1) is 0 Å². The average Bonchev–Trinajstić information content (AvgIpc) is 2.49. The third-order valence-electron chi connectivity index (χ3n) is 3.24. The van der Waals surface area contributed by atoms with Gasteiger partial charge in [-0.3, -0.25) is 4.90 Å². The molecule has 1 aliphatic rings. The summed E-state index contributed by atoms with van der Waals surface area (Å²) in [6, 6.07) is 3.46. The molecule has 0 spiro atoms. The molecule has 0 unspecified atom stereocenters. The zero-order chi connectivity index (χ0) is 14.4. The molecule has 0 atom stereocenters. The van der Waals surface area contributed by atoms with E-state index in [4.69, 9.17) is 24.7 Å². The van der Waals surface area contributed by atoms with Crippen LogP contribution in [0.5, 0.6) is 17.2 Å². The summed E-state index contributed by atoms with van der Waals surface area (Å²) in [6.07, 6.45) is 0. The highest BCUT2D eigenvalue weighted by molar-refractivity contribution is 5.60. The van der Waals surface area contributed by atoms with Gasteiger partial charge >= 0.3 is 0 Å². The van der Waals surface area contributed by atoms with E-state index in [0.29, 0.717) is 29.5 Å². The third-order valence-corrected chi connectivity index (χ3v) is 3.24. The van der Waals surface area contributed by atoms with Gasteiger partial charge in [0.1, 0.15) is 6.61 Å². The molecule has 0 saturated carbocycles. The van der Waals surface area contributed by atoms with Gasteiger partial charge in [0.15, 0.2) is 11.5 Å². The molecule has 0 amide bonds. The van der Waals surface area contributed by atoms with E-state index in [1.807, 2.05) is 0 Å². The number of nitrogens with two attached hydrogens (primary N) is 1. The van der Waals surface area contributed by atoms with Gasteiger partial charge in [0, 0.05) is 37.5 Å². The summed E-state index contributed by atoms with van der Waals surface area (Å²) in [6.45, 7) is 4.87. The molecule has 6 nitrogen and oxygen atoms in total. The van der Waals surface area contributed by atoms with Crippen LogP contribution in [0.3, 0.4) is 0 Å². The molecule has 1 aliphatic heterocycles. The molecule has 0 radical (unpaired) electrons. The molecule has 20 heavy (non-hydrogen) atoms. The molecule has 2 rings (SSSR count). The number of rotatable bonds is 6. The smallest absolute Gasteiger partial charge is 0.203 e. The van der Waals surface area contributed by atoms with Gasteiger partial charge in [-0.05, 0) is 0 Å². The molecule has 1 heterocycles. The molecule has 0 bridgehead atoms. The van der Waals surface area contributed by atoms with E-state index >= 15 is 0 Å². The fourth-order valence-corrected chi connectivity index (χ4v) is 2.14. The third kappa shape index (κ3) is 3.68. The van der Waals surface area contributed by atoms with Crippen LogP contribution >= 0.6 is 0 Å². The molecule has 0 aliphatic carbocycles. The van der Waals surface area contributed by atoms with Crippen molar-refractivity contribution in [3.8, 4) is 17.2 Å². The lowest BCUT2D eigenvalue weighted by molar-refractivity contribution is 0.0319. The number of hydrogen-bond acceptors (Lipinski definition) is 6. The summed E-state index contributed by atoms with van der Waals surface area (Å²) >= 11 is 0. The summed E-state index contributed by atoms with van der Waals surface area (Å²) < 4.78 is 21.7. The predicted octanol–water partition coefficient (Wildman–Crippen LogP) is 0.997. The second-order valence-corrected chi connectivity index (χ2v) is 4.56. The Kier molecular flexibility index (Phi) is 5.31. The first-order chi connectivity index (χ1) is 9.74. The maximum absolute atomic E-state index is 5.82. The van der Waals surface area contributed by atoms with Crippen molar-refractivity contribution in [2.24, 2.45) is 0 Å². The average molecular weight is 282 g/mol. The topological polar surface area (TPSA) is 66.2 Å². The molecule has 112 valence electrons. The van der Waals surface area contributed by atoms with E-state index < -0.39 is 0 Å². The van der Waals surface area contributed by atoms with Crippen LogP contribution in [0.15, 0.2) is 12.1 Å². The van der Waals surface area contributed by atoms with Crippen molar-refractivity contribution in [3.05, 3.63) is 12.1 Å². The minimum absolute atomic E-state index is 0.566. The normalized spacial score (nSPS) is 15.9. The summed E-state index contributed by atoms with van der Waals surface area (Å²) in [5.74, 6) is 1.77. The molecule has 1 saturated heterocycles. The monoisotopic (exact) mass is 282 g/mol. The zero-order valence-corrected chi connectivity index (χ0v) is 12.1. The number of anilines is 1. The first kappa shape index (κ1) is 14.7. The first-order valence-electron chi connectivity index (χ1n) is 6.69. The Morgan fingerprint density at radius 2 is 1.75 bits per heavy atom. The Labute approximate surface area is 119 Å². The van der Waals surface area contributed by atoms with Gasteiger partial charge < -0.3 is 24.7 Å². The quantitative estimate of drug-likeness (QED) is 0.785. The highest BCUT2D eigenvalue weighted by atomic mass is 16.5. The van der Waals surface area contributed by atoms with Crippen LogP contribution in [0.2, 0.25) is 0 Å². The summed E-state index contributed by atoms with van der Waals surface area (Å²) in [4.78, 5) is 2.31. The Bertz CT molecular complexity index is 408. The number of nitrogens with zero attached hydrogens (tertiary/aromatic N) is 1. The van der Waals surface area contributed by atoms with E-state index in [1.54, 1.807) is 26.4 Å². The van der Waals surface area contributed by atoms with Gasteiger partial charge in [0.25, 0.3) is 0 Å². The van der Waals surface area contributed by atoms with Crippen LogP contribution in [0.25, 0.3) is 0 Å². The van der Waals surface area contributed by atoms with Crippen LogP contribution in [-0.2, 0) is 4.74 Å². The molecular weight excluding hydrogens is 260 g/mol. The second kappa shape index (κ2) is 7.21. The fraction of sp³-hybridized carbons (Fsp3) is 0.571. The van der Waals surface area contributed by atoms with E-state index in [0.717, 1.165) is 32.8 Å². The van der Waals surface area contributed by atoms with Crippen LogP contribution in [0.1, 0.15) is 0 Å². The maximum atomic E-state index is 5.82. The largest absolute Gasteiger partial charge is 0.493 e. The van der Waals surface area contributed by atoms with Crippen molar-refractivity contribution in [3.63, 3.8) is 0 Å². The van der Waals surface area contributed by atoms with Gasteiger partial charge in [-0.2, -0.15) is 0 Å². The molecular formula is C14H22N2O4. The van der Waals surface area contributed by atoms with E-state index in [1.165, 1.54) is 0 Å². The summed E-state index contributed by atoms with van der Waals surface area (Å²) in [5, 5.41) is 0. The van der Waals surface area contributed by atoms with E-state index in [-0.39, 0.29) is 0 Å². The van der Waals surface area contributed by atoms with Crippen LogP contribution in [-0.4, -0.2) is 58.6 Å². The Hall–Kier alpha value is -1.66. The minimum atomic E-state index is 0.566. The first-order valence-corrected chi connectivity index (χ1v) is 6.69. The number of nitrogen functional groups attached to an aromatic ring is 1. The summed E-state index contributed by atoms with van der Waals surface area (Å²) in [7, 11) is 3.17. The fourth-order valence-electron chi connectivity index (χ4n) is 2.14. The number of ether oxygens (including phenoxy) is 4.